The number of aromatic nitrogens is 2. The van der Waals surface area contributed by atoms with Gasteiger partial charge in [-0.25, -0.2) is 4.98 Å². The molecular weight excluding hydrogens is 319 g/mol. The molecule has 0 aliphatic carbocycles. The minimum absolute atomic E-state index is 0.122. The zero-order valence-corrected chi connectivity index (χ0v) is 12.3. The SMILES string of the molecule is O=C(Nc1cn(-c2ccccc2)cn1)c1ccc(C(F)(F)F)cc1. The molecule has 1 N–H and O–H groups in total. The minimum Gasteiger partial charge on any atom is -0.305 e. The average molecular weight is 331 g/mol. The smallest absolute Gasteiger partial charge is 0.305 e. The van der Waals surface area contributed by atoms with Crippen LogP contribution in [-0.4, -0.2) is 15.5 Å². The van der Waals surface area contributed by atoms with Gasteiger partial charge in [0.2, 0.25) is 0 Å². The quantitative estimate of drug-likeness (QED) is 0.784. The highest BCUT2D eigenvalue weighted by Crippen LogP contribution is 2.29. The number of nitrogens with one attached hydrogen (secondary N) is 1. The Morgan fingerprint density at radius 2 is 1.67 bits per heavy atom. The maximum Gasteiger partial charge on any atom is 0.416 e. The first kappa shape index (κ1) is 15.8. The van der Waals surface area contributed by atoms with Gasteiger partial charge < -0.3 is 9.88 Å². The molecule has 2 aromatic carbocycles. The second-order valence-corrected chi connectivity index (χ2v) is 5.03. The molecular formula is C17H12F3N3O. The zero-order valence-electron chi connectivity index (χ0n) is 12.3. The summed E-state index contributed by atoms with van der Waals surface area (Å²) >= 11 is 0. The van der Waals surface area contributed by atoms with Crippen molar-refractivity contribution in [2.75, 3.05) is 5.32 Å². The number of rotatable bonds is 3. The molecule has 1 aromatic heterocycles. The molecule has 0 aliphatic rings. The largest absolute Gasteiger partial charge is 0.416 e. The van der Waals surface area contributed by atoms with Gasteiger partial charge in [0.05, 0.1) is 11.8 Å². The number of hydrogen-bond donors (Lipinski definition) is 1. The van der Waals surface area contributed by atoms with Crippen LogP contribution < -0.4 is 5.32 Å². The number of imidazole rings is 1. The third kappa shape index (κ3) is 3.45. The van der Waals surface area contributed by atoms with Gasteiger partial charge in [-0.05, 0) is 36.4 Å². The Morgan fingerprint density at radius 1 is 1.00 bits per heavy atom. The van der Waals surface area contributed by atoms with Crippen LogP contribution in [0, 0.1) is 0 Å². The first-order valence-electron chi connectivity index (χ1n) is 7.01. The third-order valence-electron chi connectivity index (χ3n) is 3.35. The van der Waals surface area contributed by atoms with Gasteiger partial charge in [-0.2, -0.15) is 13.2 Å². The van der Waals surface area contributed by atoms with E-state index in [-0.39, 0.29) is 5.56 Å². The van der Waals surface area contributed by atoms with Gasteiger partial charge in [0.25, 0.3) is 5.91 Å². The summed E-state index contributed by atoms with van der Waals surface area (Å²) in [6, 6.07) is 13.4. The average Bonchev–Trinajstić information content (AvgIpc) is 3.03. The highest BCUT2D eigenvalue weighted by molar-refractivity contribution is 6.03. The van der Waals surface area contributed by atoms with Crippen molar-refractivity contribution in [2.24, 2.45) is 0 Å². The van der Waals surface area contributed by atoms with E-state index in [1.165, 1.54) is 6.33 Å². The van der Waals surface area contributed by atoms with E-state index in [0.717, 1.165) is 30.0 Å². The molecule has 0 bridgehead atoms. The molecule has 1 heterocycles. The predicted molar refractivity (Wildman–Crippen MR) is 83.0 cm³/mol. The van der Waals surface area contributed by atoms with E-state index in [9.17, 15) is 18.0 Å². The number of para-hydroxylation sites is 1. The fraction of sp³-hybridized carbons (Fsp3) is 0.0588. The molecule has 1 amide bonds. The fourth-order valence-corrected chi connectivity index (χ4v) is 2.13. The van der Waals surface area contributed by atoms with Crippen LogP contribution in [0.25, 0.3) is 5.69 Å². The Bertz CT molecular complexity index is 840. The number of halogens is 3. The van der Waals surface area contributed by atoms with E-state index in [4.69, 9.17) is 0 Å². The number of carbonyl (C=O) groups is 1. The Labute approximate surface area is 135 Å². The summed E-state index contributed by atoms with van der Waals surface area (Å²) in [5.41, 5.74) is 0.199. The number of amides is 1. The lowest BCUT2D eigenvalue weighted by molar-refractivity contribution is -0.137. The number of nitrogens with zero attached hydrogens (tertiary/aromatic N) is 2. The van der Waals surface area contributed by atoms with Crippen molar-refractivity contribution in [3.05, 3.63) is 78.2 Å². The molecule has 3 rings (SSSR count). The summed E-state index contributed by atoms with van der Waals surface area (Å²) < 4.78 is 39.3. The van der Waals surface area contributed by atoms with Gasteiger partial charge in [-0.3, -0.25) is 4.79 Å². The highest BCUT2D eigenvalue weighted by atomic mass is 19.4. The van der Waals surface area contributed by atoms with Gasteiger partial charge in [-0.15, -0.1) is 0 Å². The molecule has 0 saturated carbocycles. The van der Waals surface area contributed by atoms with Gasteiger partial charge in [0.15, 0.2) is 5.82 Å². The second-order valence-electron chi connectivity index (χ2n) is 5.03. The third-order valence-corrected chi connectivity index (χ3v) is 3.35. The number of carbonyl (C=O) groups excluding carboxylic acids is 1. The summed E-state index contributed by atoms with van der Waals surface area (Å²) in [6.45, 7) is 0. The summed E-state index contributed by atoms with van der Waals surface area (Å²) in [4.78, 5) is 16.1. The molecule has 4 nitrogen and oxygen atoms in total. The molecule has 7 heteroatoms. The highest BCUT2D eigenvalue weighted by Gasteiger charge is 2.30. The molecule has 0 unspecified atom stereocenters. The van der Waals surface area contributed by atoms with Gasteiger partial charge in [-0.1, -0.05) is 18.2 Å². The molecule has 0 aliphatic heterocycles. The van der Waals surface area contributed by atoms with Crippen LogP contribution in [0.4, 0.5) is 19.0 Å². The van der Waals surface area contributed by atoms with Crippen LogP contribution in [0.3, 0.4) is 0 Å². The lowest BCUT2D eigenvalue weighted by Gasteiger charge is -2.07. The maximum atomic E-state index is 12.5. The topological polar surface area (TPSA) is 46.9 Å². The number of alkyl halides is 3. The molecule has 0 saturated heterocycles. The number of benzene rings is 2. The van der Waals surface area contributed by atoms with Gasteiger partial charge in [0, 0.05) is 11.3 Å². The molecule has 3 aromatic rings. The minimum atomic E-state index is -4.43. The van der Waals surface area contributed by atoms with Crippen LogP contribution in [0.2, 0.25) is 0 Å². The first-order valence-corrected chi connectivity index (χ1v) is 7.01. The van der Waals surface area contributed by atoms with Crippen molar-refractivity contribution >= 4 is 11.7 Å². The Morgan fingerprint density at radius 3 is 2.29 bits per heavy atom. The standard InChI is InChI=1S/C17H12F3N3O/c18-17(19,20)13-8-6-12(7-9-13)16(24)22-15-10-23(11-21-15)14-4-2-1-3-5-14/h1-11H,(H,22,24). The Balaban J connectivity index is 1.72. The van der Waals surface area contributed by atoms with Crippen LogP contribution in [0.15, 0.2) is 67.1 Å². The maximum absolute atomic E-state index is 12.5. The van der Waals surface area contributed by atoms with E-state index in [0.29, 0.717) is 5.82 Å². The monoisotopic (exact) mass is 331 g/mol. The van der Waals surface area contributed by atoms with E-state index >= 15 is 0 Å². The van der Waals surface area contributed by atoms with Gasteiger partial charge >= 0.3 is 6.18 Å². The Kier molecular flexibility index (Phi) is 4.07. The predicted octanol–water partition coefficient (Wildman–Crippen LogP) is 4.14. The van der Waals surface area contributed by atoms with Crippen LogP contribution >= 0.6 is 0 Å². The first-order chi connectivity index (χ1) is 11.4. The molecule has 122 valence electrons. The summed E-state index contributed by atoms with van der Waals surface area (Å²) in [6.07, 6.45) is -1.27. The molecule has 0 spiro atoms. The second kappa shape index (κ2) is 6.19. The van der Waals surface area contributed by atoms with Crippen molar-refractivity contribution in [1.82, 2.24) is 9.55 Å². The van der Waals surface area contributed by atoms with Crippen molar-refractivity contribution in [2.45, 2.75) is 6.18 Å². The normalized spacial score (nSPS) is 11.3. The molecule has 0 fully saturated rings. The van der Waals surface area contributed by atoms with Crippen LogP contribution in [0.1, 0.15) is 15.9 Å². The van der Waals surface area contributed by atoms with E-state index in [2.05, 4.69) is 10.3 Å². The van der Waals surface area contributed by atoms with Crippen molar-refractivity contribution in [3.63, 3.8) is 0 Å². The van der Waals surface area contributed by atoms with E-state index in [1.807, 2.05) is 30.3 Å². The molecule has 0 radical (unpaired) electrons. The zero-order chi connectivity index (χ0) is 17.2. The van der Waals surface area contributed by atoms with Crippen molar-refractivity contribution < 1.29 is 18.0 Å². The summed E-state index contributed by atoms with van der Waals surface area (Å²) in [5, 5.41) is 2.55. The number of anilines is 1. The van der Waals surface area contributed by atoms with Crippen molar-refractivity contribution in [1.29, 1.82) is 0 Å². The van der Waals surface area contributed by atoms with Crippen molar-refractivity contribution in [3.8, 4) is 5.69 Å². The lowest BCUT2D eigenvalue weighted by Crippen LogP contribution is -2.13. The lowest BCUT2D eigenvalue weighted by atomic mass is 10.1. The summed E-state index contributed by atoms with van der Waals surface area (Å²) in [5.74, 6) is -0.217. The fourth-order valence-electron chi connectivity index (χ4n) is 2.13. The van der Waals surface area contributed by atoms with Crippen LogP contribution in [-0.2, 0) is 6.18 Å². The number of hydrogen-bond acceptors (Lipinski definition) is 2. The van der Waals surface area contributed by atoms with Gasteiger partial charge in [0.1, 0.15) is 6.33 Å². The molecule has 24 heavy (non-hydrogen) atoms. The Hall–Kier alpha value is -3.09. The van der Waals surface area contributed by atoms with E-state index in [1.54, 1.807) is 10.8 Å². The van der Waals surface area contributed by atoms with Crippen LogP contribution in [0.5, 0.6) is 0 Å². The molecule has 0 atom stereocenters. The van der Waals surface area contributed by atoms with E-state index < -0.39 is 17.6 Å². The summed E-state index contributed by atoms with van der Waals surface area (Å²) in [7, 11) is 0.